The standard InChI is InChI=1S/C18H13F3N2/c19-18(20,21)15-7-4-8-16(11-15)23-17-10-9-14(12-22-17)13-5-2-1-3-6-13/h1-12H,(H,22,23). The molecule has 0 aliphatic carbocycles. The highest BCUT2D eigenvalue weighted by atomic mass is 19.4. The van der Waals surface area contributed by atoms with E-state index in [0.717, 1.165) is 23.3 Å². The van der Waals surface area contributed by atoms with E-state index in [2.05, 4.69) is 10.3 Å². The second-order valence-corrected chi connectivity index (χ2v) is 5.00. The largest absolute Gasteiger partial charge is 0.416 e. The third-order valence-electron chi connectivity index (χ3n) is 3.33. The molecule has 0 saturated carbocycles. The third kappa shape index (κ3) is 3.69. The fourth-order valence-corrected chi connectivity index (χ4v) is 2.19. The molecule has 1 heterocycles. The van der Waals surface area contributed by atoms with E-state index in [1.54, 1.807) is 18.3 Å². The Morgan fingerprint density at radius 3 is 2.22 bits per heavy atom. The van der Waals surface area contributed by atoms with Crippen LogP contribution in [0.3, 0.4) is 0 Å². The van der Waals surface area contributed by atoms with Gasteiger partial charge in [-0.1, -0.05) is 36.4 Å². The fourth-order valence-electron chi connectivity index (χ4n) is 2.19. The first-order valence-electron chi connectivity index (χ1n) is 6.98. The molecule has 0 aliphatic rings. The van der Waals surface area contributed by atoms with Crippen molar-refractivity contribution < 1.29 is 13.2 Å². The SMILES string of the molecule is FC(F)(F)c1cccc(Nc2ccc(-c3ccccc3)cn2)c1. The van der Waals surface area contributed by atoms with Gasteiger partial charge in [-0.2, -0.15) is 13.2 Å². The lowest BCUT2D eigenvalue weighted by Gasteiger charge is -2.10. The smallest absolute Gasteiger partial charge is 0.340 e. The molecule has 1 N–H and O–H groups in total. The van der Waals surface area contributed by atoms with Crippen molar-refractivity contribution in [2.45, 2.75) is 6.18 Å². The Kier molecular flexibility index (Phi) is 4.02. The summed E-state index contributed by atoms with van der Waals surface area (Å²) in [5.41, 5.74) is 1.63. The summed E-state index contributed by atoms with van der Waals surface area (Å²) < 4.78 is 38.1. The van der Waals surface area contributed by atoms with Crippen LogP contribution in [-0.4, -0.2) is 4.98 Å². The van der Waals surface area contributed by atoms with Gasteiger partial charge in [0.1, 0.15) is 5.82 Å². The molecule has 3 rings (SSSR count). The first-order chi connectivity index (χ1) is 11.0. The minimum atomic E-state index is -4.36. The second-order valence-electron chi connectivity index (χ2n) is 5.00. The van der Waals surface area contributed by atoms with Gasteiger partial charge in [0, 0.05) is 17.4 Å². The maximum absolute atomic E-state index is 12.7. The first kappa shape index (κ1) is 15.1. The van der Waals surface area contributed by atoms with Crippen molar-refractivity contribution in [3.63, 3.8) is 0 Å². The minimum absolute atomic E-state index is 0.347. The maximum atomic E-state index is 12.7. The molecular formula is C18H13F3N2. The number of hydrogen-bond donors (Lipinski definition) is 1. The van der Waals surface area contributed by atoms with Crippen molar-refractivity contribution in [3.8, 4) is 11.1 Å². The summed E-state index contributed by atoms with van der Waals surface area (Å²) in [5.74, 6) is 0.490. The van der Waals surface area contributed by atoms with E-state index in [1.807, 2.05) is 36.4 Å². The van der Waals surface area contributed by atoms with Gasteiger partial charge in [-0.25, -0.2) is 4.98 Å². The lowest BCUT2D eigenvalue weighted by atomic mass is 10.1. The van der Waals surface area contributed by atoms with E-state index in [9.17, 15) is 13.2 Å². The van der Waals surface area contributed by atoms with E-state index < -0.39 is 11.7 Å². The Morgan fingerprint density at radius 1 is 0.783 bits per heavy atom. The van der Waals surface area contributed by atoms with Gasteiger partial charge >= 0.3 is 6.18 Å². The summed E-state index contributed by atoms with van der Waals surface area (Å²) in [5, 5.41) is 2.88. The van der Waals surface area contributed by atoms with Crippen LogP contribution >= 0.6 is 0 Å². The number of nitrogens with one attached hydrogen (secondary N) is 1. The molecule has 116 valence electrons. The van der Waals surface area contributed by atoms with Crippen LogP contribution in [0.1, 0.15) is 5.56 Å². The quantitative estimate of drug-likeness (QED) is 0.689. The van der Waals surface area contributed by atoms with Crippen LogP contribution in [0.2, 0.25) is 0 Å². The number of nitrogens with zero attached hydrogens (tertiary/aromatic N) is 1. The predicted molar refractivity (Wildman–Crippen MR) is 84.4 cm³/mol. The molecule has 23 heavy (non-hydrogen) atoms. The molecule has 0 bridgehead atoms. The van der Waals surface area contributed by atoms with Gasteiger partial charge in [0.25, 0.3) is 0 Å². The van der Waals surface area contributed by atoms with Crippen molar-refractivity contribution in [2.75, 3.05) is 5.32 Å². The van der Waals surface area contributed by atoms with Gasteiger partial charge in [-0.3, -0.25) is 0 Å². The molecule has 0 radical (unpaired) electrons. The molecule has 0 fully saturated rings. The molecule has 5 heteroatoms. The highest BCUT2D eigenvalue weighted by Gasteiger charge is 2.30. The molecule has 2 nitrogen and oxygen atoms in total. The van der Waals surface area contributed by atoms with Gasteiger partial charge in [0.05, 0.1) is 5.56 Å². The van der Waals surface area contributed by atoms with Crippen LogP contribution in [0.25, 0.3) is 11.1 Å². The molecule has 0 amide bonds. The number of benzene rings is 2. The summed E-state index contributed by atoms with van der Waals surface area (Å²) in [6, 6.07) is 18.4. The monoisotopic (exact) mass is 314 g/mol. The minimum Gasteiger partial charge on any atom is -0.340 e. The van der Waals surface area contributed by atoms with Gasteiger partial charge in [0.2, 0.25) is 0 Å². The fraction of sp³-hybridized carbons (Fsp3) is 0.0556. The Hall–Kier alpha value is -2.82. The molecular weight excluding hydrogens is 301 g/mol. The Labute approximate surface area is 131 Å². The lowest BCUT2D eigenvalue weighted by molar-refractivity contribution is -0.137. The number of rotatable bonds is 3. The molecule has 0 unspecified atom stereocenters. The topological polar surface area (TPSA) is 24.9 Å². The van der Waals surface area contributed by atoms with Crippen molar-refractivity contribution in [2.24, 2.45) is 0 Å². The Balaban J connectivity index is 1.79. The molecule has 1 aromatic heterocycles. The summed E-state index contributed by atoms with van der Waals surface area (Å²) in [7, 11) is 0. The van der Waals surface area contributed by atoms with Gasteiger partial charge in [0.15, 0.2) is 0 Å². The summed E-state index contributed by atoms with van der Waals surface area (Å²) in [4.78, 5) is 4.25. The zero-order chi connectivity index (χ0) is 16.3. The average Bonchev–Trinajstić information content (AvgIpc) is 2.56. The zero-order valence-electron chi connectivity index (χ0n) is 12.0. The molecule has 3 aromatic rings. The number of pyridine rings is 1. The van der Waals surface area contributed by atoms with E-state index in [0.29, 0.717) is 11.5 Å². The molecule has 2 aromatic carbocycles. The van der Waals surface area contributed by atoms with E-state index >= 15 is 0 Å². The summed E-state index contributed by atoms with van der Waals surface area (Å²) >= 11 is 0. The third-order valence-corrected chi connectivity index (χ3v) is 3.33. The number of aromatic nitrogens is 1. The van der Waals surface area contributed by atoms with Crippen LogP contribution in [0.5, 0.6) is 0 Å². The number of alkyl halides is 3. The van der Waals surface area contributed by atoms with Crippen LogP contribution in [0.15, 0.2) is 72.9 Å². The molecule has 0 aliphatic heterocycles. The van der Waals surface area contributed by atoms with E-state index in [-0.39, 0.29) is 0 Å². The van der Waals surface area contributed by atoms with E-state index in [4.69, 9.17) is 0 Å². The van der Waals surface area contributed by atoms with Crippen LogP contribution in [0.4, 0.5) is 24.7 Å². The number of anilines is 2. The van der Waals surface area contributed by atoms with Crippen molar-refractivity contribution in [1.29, 1.82) is 0 Å². The van der Waals surface area contributed by atoms with Crippen LogP contribution in [-0.2, 0) is 6.18 Å². The number of hydrogen-bond acceptors (Lipinski definition) is 2. The lowest BCUT2D eigenvalue weighted by Crippen LogP contribution is -2.05. The maximum Gasteiger partial charge on any atom is 0.416 e. The summed E-state index contributed by atoms with van der Waals surface area (Å²) in [6.07, 6.45) is -2.67. The summed E-state index contributed by atoms with van der Waals surface area (Å²) in [6.45, 7) is 0. The molecule has 0 saturated heterocycles. The van der Waals surface area contributed by atoms with Crippen LogP contribution in [0, 0.1) is 0 Å². The van der Waals surface area contributed by atoms with Crippen molar-refractivity contribution >= 4 is 11.5 Å². The van der Waals surface area contributed by atoms with Gasteiger partial charge in [-0.15, -0.1) is 0 Å². The second kappa shape index (κ2) is 6.12. The van der Waals surface area contributed by atoms with Crippen LogP contribution < -0.4 is 5.32 Å². The van der Waals surface area contributed by atoms with Gasteiger partial charge in [-0.05, 0) is 35.9 Å². The highest BCUT2D eigenvalue weighted by Crippen LogP contribution is 2.31. The Morgan fingerprint density at radius 2 is 1.57 bits per heavy atom. The first-order valence-corrected chi connectivity index (χ1v) is 6.98. The predicted octanol–water partition coefficient (Wildman–Crippen LogP) is 5.51. The van der Waals surface area contributed by atoms with Gasteiger partial charge < -0.3 is 5.32 Å². The van der Waals surface area contributed by atoms with Crippen molar-refractivity contribution in [1.82, 2.24) is 4.98 Å². The average molecular weight is 314 g/mol. The molecule has 0 atom stereocenters. The highest BCUT2D eigenvalue weighted by molar-refractivity contribution is 5.65. The van der Waals surface area contributed by atoms with E-state index in [1.165, 1.54) is 6.07 Å². The zero-order valence-corrected chi connectivity index (χ0v) is 12.0. The Bertz CT molecular complexity index is 781. The normalized spacial score (nSPS) is 11.3. The number of halogens is 3. The van der Waals surface area contributed by atoms with Crippen molar-refractivity contribution in [3.05, 3.63) is 78.5 Å². The molecule has 0 spiro atoms.